The molecule has 1 saturated heterocycles. The monoisotopic (exact) mass is 358 g/mol. The van der Waals surface area contributed by atoms with Crippen LogP contribution < -0.4 is 5.32 Å². The van der Waals surface area contributed by atoms with Crippen molar-refractivity contribution in [3.8, 4) is 0 Å². The molecule has 4 nitrogen and oxygen atoms in total. The first kappa shape index (κ1) is 18.0. The smallest absolute Gasteiger partial charge is 0.256 e. The van der Waals surface area contributed by atoms with Crippen LogP contribution in [0.3, 0.4) is 0 Å². The number of carbonyl (C=O) groups excluding carboxylic acids is 2. The highest BCUT2D eigenvalue weighted by atomic mass is 19.1. The Morgan fingerprint density at radius 3 is 2.42 bits per heavy atom. The van der Waals surface area contributed by atoms with Crippen LogP contribution in [0.4, 0.5) is 8.78 Å². The fourth-order valence-corrected chi connectivity index (χ4v) is 3.13. The van der Waals surface area contributed by atoms with Gasteiger partial charge >= 0.3 is 0 Å². The Hall–Kier alpha value is -2.76. The third-order valence-corrected chi connectivity index (χ3v) is 4.67. The van der Waals surface area contributed by atoms with Crippen LogP contribution in [0.2, 0.25) is 0 Å². The summed E-state index contributed by atoms with van der Waals surface area (Å²) in [6.07, 6.45) is 1.14. The van der Waals surface area contributed by atoms with E-state index in [4.69, 9.17) is 0 Å². The summed E-state index contributed by atoms with van der Waals surface area (Å²) in [5.41, 5.74) is 1.08. The zero-order chi connectivity index (χ0) is 18.7. The van der Waals surface area contributed by atoms with Gasteiger partial charge in [0.2, 0.25) is 0 Å². The number of nitrogens with zero attached hydrogens (tertiary/aromatic N) is 1. The quantitative estimate of drug-likeness (QED) is 0.915. The van der Waals surface area contributed by atoms with Gasteiger partial charge in [0.15, 0.2) is 0 Å². The molecule has 26 heavy (non-hydrogen) atoms. The van der Waals surface area contributed by atoms with Crippen molar-refractivity contribution < 1.29 is 18.4 Å². The third-order valence-electron chi connectivity index (χ3n) is 4.67. The second kappa shape index (κ2) is 7.64. The Morgan fingerprint density at radius 1 is 1.04 bits per heavy atom. The number of aryl methyl sites for hydroxylation is 1. The summed E-state index contributed by atoms with van der Waals surface area (Å²) in [4.78, 5) is 26.4. The summed E-state index contributed by atoms with van der Waals surface area (Å²) >= 11 is 0. The number of nitrogens with one attached hydrogen (secondary N) is 1. The highest BCUT2D eigenvalue weighted by molar-refractivity contribution is 5.96. The molecular formula is C20H20F2N2O2. The average molecular weight is 358 g/mol. The molecule has 0 unspecified atom stereocenters. The largest absolute Gasteiger partial charge is 0.349 e. The molecule has 0 aliphatic carbocycles. The summed E-state index contributed by atoms with van der Waals surface area (Å²) in [5.74, 6) is -1.64. The molecule has 1 aliphatic rings. The first-order chi connectivity index (χ1) is 12.5. The van der Waals surface area contributed by atoms with E-state index in [1.54, 1.807) is 30.0 Å². The van der Waals surface area contributed by atoms with Crippen LogP contribution in [-0.2, 0) is 0 Å². The predicted molar refractivity (Wildman–Crippen MR) is 93.9 cm³/mol. The lowest BCUT2D eigenvalue weighted by atomic mass is 10.0. The van der Waals surface area contributed by atoms with Crippen molar-refractivity contribution >= 4 is 11.8 Å². The van der Waals surface area contributed by atoms with Crippen LogP contribution >= 0.6 is 0 Å². The molecule has 2 aromatic carbocycles. The number of benzene rings is 2. The number of halogens is 2. The van der Waals surface area contributed by atoms with Gasteiger partial charge in [-0.3, -0.25) is 9.59 Å². The number of hydrogen-bond acceptors (Lipinski definition) is 2. The zero-order valence-electron chi connectivity index (χ0n) is 14.5. The van der Waals surface area contributed by atoms with Gasteiger partial charge in [-0.15, -0.1) is 0 Å². The topological polar surface area (TPSA) is 49.4 Å². The number of hydrogen-bond donors (Lipinski definition) is 1. The first-order valence-electron chi connectivity index (χ1n) is 8.56. The second-order valence-corrected chi connectivity index (χ2v) is 6.48. The van der Waals surface area contributed by atoms with Gasteiger partial charge in [-0.2, -0.15) is 0 Å². The molecule has 0 aromatic heterocycles. The van der Waals surface area contributed by atoms with E-state index in [-0.39, 0.29) is 23.4 Å². The summed E-state index contributed by atoms with van der Waals surface area (Å²) < 4.78 is 27.1. The molecule has 2 amide bonds. The van der Waals surface area contributed by atoms with E-state index in [9.17, 15) is 18.4 Å². The van der Waals surface area contributed by atoms with E-state index < -0.39 is 11.6 Å². The van der Waals surface area contributed by atoms with Crippen LogP contribution in [0, 0.1) is 18.6 Å². The molecule has 1 N–H and O–H groups in total. The van der Waals surface area contributed by atoms with Crippen molar-refractivity contribution in [2.75, 3.05) is 13.1 Å². The average Bonchev–Trinajstić information content (AvgIpc) is 2.64. The van der Waals surface area contributed by atoms with Crippen molar-refractivity contribution in [3.05, 3.63) is 70.8 Å². The van der Waals surface area contributed by atoms with Crippen LogP contribution in [-0.4, -0.2) is 35.8 Å². The molecule has 1 heterocycles. The number of amides is 2. The fourth-order valence-electron chi connectivity index (χ4n) is 3.13. The van der Waals surface area contributed by atoms with E-state index in [0.717, 1.165) is 0 Å². The number of rotatable bonds is 3. The van der Waals surface area contributed by atoms with Gasteiger partial charge in [-0.25, -0.2) is 8.78 Å². The minimum absolute atomic E-state index is 0.0605. The van der Waals surface area contributed by atoms with Gasteiger partial charge in [0.25, 0.3) is 11.8 Å². The number of likely N-dealkylation sites (tertiary alicyclic amines) is 1. The Kier molecular flexibility index (Phi) is 5.30. The Morgan fingerprint density at radius 2 is 1.73 bits per heavy atom. The van der Waals surface area contributed by atoms with Gasteiger partial charge in [-0.1, -0.05) is 18.2 Å². The van der Waals surface area contributed by atoms with Crippen molar-refractivity contribution in [2.45, 2.75) is 25.8 Å². The maximum atomic E-state index is 13.8. The SMILES string of the molecule is Cc1ccc(F)cc1C(=O)NC1CCN(C(=O)c2ccccc2F)CC1. The lowest BCUT2D eigenvalue weighted by Crippen LogP contribution is -2.46. The number of piperidine rings is 1. The van der Waals surface area contributed by atoms with Crippen LogP contribution in [0.15, 0.2) is 42.5 Å². The third kappa shape index (κ3) is 3.90. The molecule has 0 bridgehead atoms. The number of carbonyl (C=O) groups is 2. The Labute approximate surface area is 150 Å². The molecule has 0 atom stereocenters. The van der Waals surface area contributed by atoms with Crippen molar-refractivity contribution in [3.63, 3.8) is 0 Å². The second-order valence-electron chi connectivity index (χ2n) is 6.48. The van der Waals surface area contributed by atoms with Crippen molar-refractivity contribution in [2.24, 2.45) is 0 Å². The highest BCUT2D eigenvalue weighted by Crippen LogP contribution is 2.17. The van der Waals surface area contributed by atoms with E-state index in [2.05, 4.69) is 5.32 Å². The zero-order valence-corrected chi connectivity index (χ0v) is 14.5. The maximum absolute atomic E-state index is 13.8. The van der Waals surface area contributed by atoms with Gasteiger partial charge in [0.05, 0.1) is 5.56 Å². The molecule has 1 fully saturated rings. The molecule has 0 radical (unpaired) electrons. The minimum atomic E-state index is -0.533. The molecule has 0 spiro atoms. The fraction of sp³-hybridized carbons (Fsp3) is 0.300. The van der Waals surface area contributed by atoms with Gasteiger partial charge in [0.1, 0.15) is 11.6 Å². The summed E-state index contributed by atoms with van der Waals surface area (Å²) in [6, 6.07) is 9.92. The van der Waals surface area contributed by atoms with Gasteiger partial charge < -0.3 is 10.2 Å². The summed E-state index contributed by atoms with van der Waals surface area (Å²) in [5, 5.41) is 2.90. The lowest BCUT2D eigenvalue weighted by molar-refractivity contribution is 0.0693. The van der Waals surface area contributed by atoms with Crippen LogP contribution in [0.1, 0.15) is 39.1 Å². The predicted octanol–water partition coefficient (Wildman–Crippen LogP) is 3.31. The first-order valence-corrected chi connectivity index (χ1v) is 8.56. The Bertz CT molecular complexity index is 830. The van der Waals surface area contributed by atoms with Gasteiger partial charge in [-0.05, 0) is 49.6 Å². The van der Waals surface area contributed by atoms with Crippen molar-refractivity contribution in [1.82, 2.24) is 10.2 Å². The molecule has 0 saturated carbocycles. The molecule has 2 aromatic rings. The molecule has 1 aliphatic heterocycles. The standard InChI is InChI=1S/C20H20F2N2O2/c1-13-6-7-14(21)12-17(13)19(25)23-15-8-10-24(11-9-15)20(26)16-4-2-3-5-18(16)22/h2-7,12,15H,8-11H2,1H3,(H,23,25). The van der Waals surface area contributed by atoms with E-state index >= 15 is 0 Å². The Balaban J connectivity index is 1.59. The van der Waals surface area contributed by atoms with Crippen LogP contribution in [0.5, 0.6) is 0 Å². The molecular weight excluding hydrogens is 338 g/mol. The molecule has 6 heteroatoms. The molecule has 136 valence electrons. The van der Waals surface area contributed by atoms with Gasteiger partial charge in [0, 0.05) is 24.7 Å². The minimum Gasteiger partial charge on any atom is -0.349 e. The summed E-state index contributed by atoms with van der Waals surface area (Å²) in [7, 11) is 0. The highest BCUT2D eigenvalue weighted by Gasteiger charge is 2.26. The normalized spacial score (nSPS) is 15.0. The summed E-state index contributed by atoms with van der Waals surface area (Å²) in [6.45, 7) is 2.62. The lowest BCUT2D eigenvalue weighted by Gasteiger charge is -2.32. The van der Waals surface area contributed by atoms with Crippen LogP contribution in [0.25, 0.3) is 0 Å². The van der Waals surface area contributed by atoms with E-state index in [1.807, 2.05) is 0 Å². The van der Waals surface area contributed by atoms with E-state index in [1.165, 1.54) is 24.3 Å². The van der Waals surface area contributed by atoms with E-state index in [0.29, 0.717) is 37.1 Å². The van der Waals surface area contributed by atoms with Crippen molar-refractivity contribution in [1.29, 1.82) is 0 Å². The maximum Gasteiger partial charge on any atom is 0.256 e. The molecule has 3 rings (SSSR count).